The molecule has 1 aliphatic heterocycles. The molecular formula is C25H26N8O2. The Hall–Kier alpha value is -4.47. The Bertz CT molecular complexity index is 1430. The molecule has 0 radical (unpaired) electrons. The van der Waals surface area contributed by atoms with Gasteiger partial charge in [0.25, 0.3) is 5.56 Å². The molecule has 10 heteroatoms. The van der Waals surface area contributed by atoms with Crippen LogP contribution in [0.25, 0.3) is 5.69 Å². The highest BCUT2D eigenvalue weighted by Gasteiger charge is 2.30. The fourth-order valence-electron chi connectivity index (χ4n) is 4.32. The van der Waals surface area contributed by atoms with Gasteiger partial charge in [-0.05, 0) is 55.2 Å². The number of rotatable bonds is 7. The number of carbonyl (C=O) groups excluding carboxylic acids is 1. The van der Waals surface area contributed by atoms with Crippen molar-refractivity contribution in [3.63, 3.8) is 0 Å². The number of nitrogens with two attached hydrogens (primary N) is 1. The minimum Gasteiger partial charge on any atom is -0.384 e. The minimum absolute atomic E-state index is 0.203. The van der Waals surface area contributed by atoms with Crippen molar-refractivity contribution in [1.29, 1.82) is 0 Å². The second kappa shape index (κ2) is 9.41. The molecule has 1 unspecified atom stereocenters. The molecule has 1 aromatic carbocycles. The van der Waals surface area contributed by atoms with Crippen molar-refractivity contribution in [2.75, 3.05) is 11.1 Å². The molecule has 3 aromatic heterocycles. The number of anilines is 2. The van der Waals surface area contributed by atoms with Gasteiger partial charge in [-0.25, -0.2) is 14.6 Å². The van der Waals surface area contributed by atoms with Gasteiger partial charge < -0.3 is 16.4 Å². The molecule has 1 atom stereocenters. The Morgan fingerprint density at radius 3 is 2.89 bits per heavy atom. The number of nitrogen functional groups attached to an aromatic ring is 1. The van der Waals surface area contributed by atoms with E-state index >= 15 is 0 Å². The molecule has 0 spiro atoms. The fourth-order valence-corrected chi connectivity index (χ4v) is 4.32. The lowest BCUT2D eigenvalue weighted by atomic mass is 10.1. The molecule has 35 heavy (non-hydrogen) atoms. The van der Waals surface area contributed by atoms with E-state index in [4.69, 9.17) is 5.73 Å². The number of hydrogen-bond acceptors (Lipinski definition) is 7. The largest absolute Gasteiger partial charge is 0.384 e. The lowest BCUT2D eigenvalue weighted by Crippen LogP contribution is -2.36. The van der Waals surface area contributed by atoms with Gasteiger partial charge >= 0.3 is 0 Å². The maximum Gasteiger partial charge on any atom is 0.294 e. The van der Waals surface area contributed by atoms with Gasteiger partial charge in [0.15, 0.2) is 5.82 Å². The molecular weight excluding hydrogens is 444 g/mol. The van der Waals surface area contributed by atoms with Crippen LogP contribution in [0.3, 0.4) is 0 Å². The zero-order chi connectivity index (χ0) is 24.4. The number of fused-ring (bicyclic) bond motifs is 1. The lowest BCUT2D eigenvalue weighted by Gasteiger charge is -2.16. The number of benzene rings is 1. The highest BCUT2D eigenvalue weighted by molar-refractivity contribution is 5.81. The van der Waals surface area contributed by atoms with Crippen LogP contribution in [-0.2, 0) is 24.3 Å². The molecule has 0 saturated carbocycles. The third kappa shape index (κ3) is 4.63. The average Bonchev–Trinajstić information content (AvgIpc) is 3.54. The second-order valence-corrected chi connectivity index (χ2v) is 8.50. The van der Waals surface area contributed by atoms with E-state index < -0.39 is 6.04 Å². The Kier molecular flexibility index (Phi) is 6.01. The maximum absolute atomic E-state index is 13.2. The number of pyridine rings is 1. The van der Waals surface area contributed by atoms with Gasteiger partial charge in [-0.15, -0.1) is 0 Å². The summed E-state index contributed by atoms with van der Waals surface area (Å²) in [5, 5.41) is 10.3. The molecule has 4 N–H and O–H groups in total. The lowest BCUT2D eigenvalue weighted by molar-refractivity contribution is -0.124. The van der Waals surface area contributed by atoms with E-state index in [-0.39, 0.29) is 17.3 Å². The van der Waals surface area contributed by atoms with Crippen molar-refractivity contribution in [2.45, 2.75) is 38.9 Å². The third-order valence-electron chi connectivity index (χ3n) is 6.17. The SMILES string of the molecule is Cc1nc(N)ccc1CNC(=O)C1CCc2cnc(NCc3cccc(-n4cccn4)c3)c(=O)n21. The summed E-state index contributed by atoms with van der Waals surface area (Å²) in [5.41, 5.74) is 9.72. The van der Waals surface area contributed by atoms with Crippen LogP contribution in [0, 0.1) is 6.92 Å². The van der Waals surface area contributed by atoms with Gasteiger partial charge in [-0.3, -0.25) is 14.2 Å². The number of nitrogens with one attached hydrogen (secondary N) is 2. The van der Waals surface area contributed by atoms with Gasteiger partial charge in [0.2, 0.25) is 5.91 Å². The van der Waals surface area contributed by atoms with E-state index in [9.17, 15) is 9.59 Å². The zero-order valence-corrected chi connectivity index (χ0v) is 19.3. The Labute approximate surface area is 201 Å². The van der Waals surface area contributed by atoms with Crippen LogP contribution < -0.4 is 21.9 Å². The normalized spacial score (nSPS) is 14.5. The quantitative estimate of drug-likeness (QED) is 0.377. The van der Waals surface area contributed by atoms with E-state index in [1.807, 2.05) is 49.5 Å². The number of amides is 1. The van der Waals surface area contributed by atoms with E-state index in [1.165, 1.54) is 0 Å². The predicted octanol–water partition coefficient (Wildman–Crippen LogP) is 2.13. The van der Waals surface area contributed by atoms with Crippen LogP contribution in [0.15, 0.2) is 65.8 Å². The van der Waals surface area contributed by atoms with Crippen molar-refractivity contribution in [3.05, 3.63) is 93.9 Å². The highest BCUT2D eigenvalue weighted by Crippen LogP contribution is 2.24. The minimum atomic E-state index is -0.578. The number of aryl methyl sites for hydroxylation is 2. The summed E-state index contributed by atoms with van der Waals surface area (Å²) < 4.78 is 3.33. The average molecular weight is 471 g/mol. The summed E-state index contributed by atoms with van der Waals surface area (Å²) in [6.07, 6.45) is 6.44. The maximum atomic E-state index is 13.2. The van der Waals surface area contributed by atoms with E-state index in [0.29, 0.717) is 31.7 Å². The molecule has 0 bridgehead atoms. The van der Waals surface area contributed by atoms with Crippen LogP contribution >= 0.6 is 0 Å². The summed E-state index contributed by atoms with van der Waals surface area (Å²) >= 11 is 0. The van der Waals surface area contributed by atoms with Crippen LogP contribution in [-0.4, -0.2) is 30.2 Å². The smallest absolute Gasteiger partial charge is 0.294 e. The van der Waals surface area contributed by atoms with E-state index in [1.54, 1.807) is 27.7 Å². The number of aromatic nitrogens is 5. The fraction of sp³-hybridized carbons (Fsp3) is 0.240. The van der Waals surface area contributed by atoms with Crippen molar-refractivity contribution in [2.24, 2.45) is 0 Å². The Morgan fingerprint density at radius 1 is 1.20 bits per heavy atom. The second-order valence-electron chi connectivity index (χ2n) is 8.50. The van der Waals surface area contributed by atoms with Crippen LogP contribution in [0.4, 0.5) is 11.6 Å². The Balaban J connectivity index is 1.29. The van der Waals surface area contributed by atoms with Crippen molar-refractivity contribution >= 4 is 17.5 Å². The first-order valence-electron chi connectivity index (χ1n) is 11.4. The summed E-state index contributed by atoms with van der Waals surface area (Å²) in [6.45, 7) is 2.58. The highest BCUT2D eigenvalue weighted by atomic mass is 16.2. The first-order chi connectivity index (χ1) is 17.0. The first-order valence-corrected chi connectivity index (χ1v) is 11.4. The predicted molar refractivity (Wildman–Crippen MR) is 132 cm³/mol. The van der Waals surface area contributed by atoms with Crippen LogP contribution in [0.5, 0.6) is 0 Å². The Morgan fingerprint density at radius 2 is 2.09 bits per heavy atom. The van der Waals surface area contributed by atoms with Gasteiger partial charge in [0.1, 0.15) is 11.9 Å². The summed E-state index contributed by atoms with van der Waals surface area (Å²) in [7, 11) is 0. The molecule has 10 nitrogen and oxygen atoms in total. The van der Waals surface area contributed by atoms with Gasteiger partial charge in [-0.1, -0.05) is 18.2 Å². The summed E-state index contributed by atoms with van der Waals surface area (Å²) in [6, 6.07) is 12.7. The van der Waals surface area contributed by atoms with Gasteiger partial charge in [0.05, 0.1) is 5.69 Å². The van der Waals surface area contributed by atoms with Gasteiger partial charge in [0, 0.05) is 43.1 Å². The zero-order valence-electron chi connectivity index (χ0n) is 19.3. The summed E-state index contributed by atoms with van der Waals surface area (Å²) in [4.78, 5) is 34.8. The third-order valence-corrected chi connectivity index (χ3v) is 6.17. The number of nitrogens with zero attached hydrogens (tertiary/aromatic N) is 5. The first kappa shape index (κ1) is 22.3. The van der Waals surface area contributed by atoms with Crippen molar-refractivity contribution in [3.8, 4) is 5.69 Å². The number of hydrogen-bond donors (Lipinski definition) is 3. The molecule has 0 fully saturated rings. The number of carbonyl (C=O) groups is 1. The van der Waals surface area contributed by atoms with E-state index in [0.717, 1.165) is 28.2 Å². The monoisotopic (exact) mass is 470 g/mol. The van der Waals surface area contributed by atoms with Crippen LogP contribution in [0.1, 0.15) is 35.0 Å². The van der Waals surface area contributed by atoms with Crippen LogP contribution in [0.2, 0.25) is 0 Å². The van der Waals surface area contributed by atoms with Crippen molar-refractivity contribution < 1.29 is 4.79 Å². The standard InChI is InChI=1S/C25H26N8O2/c1-16-18(6-9-22(26)31-16)14-29-24(34)21-8-7-20-15-28-23(25(35)33(20)21)27-13-17-4-2-5-19(12-17)32-11-3-10-30-32/h2-6,9-12,15,21H,7-8,13-14H2,1H3,(H2,26,31)(H,27,28)(H,29,34). The molecule has 1 aliphatic rings. The summed E-state index contributed by atoms with van der Waals surface area (Å²) in [5.74, 6) is 0.456. The topological polar surface area (TPSA) is 133 Å². The molecule has 4 heterocycles. The van der Waals surface area contributed by atoms with Crippen molar-refractivity contribution in [1.82, 2.24) is 29.6 Å². The molecule has 178 valence electrons. The molecule has 1 amide bonds. The molecule has 4 aromatic rings. The van der Waals surface area contributed by atoms with E-state index in [2.05, 4.69) is 25.7 Å². The molecule has 5 rings (SSSR count). The molecule has 0 saturated heterocycles. The van der Waals surface area contributed by atoms with Gasteiger partial charge in [-0.2, -0.15) is 5.10 Å². The molecule has 0 aliphatic carbocycles.